The molecule has 0 aromatic heterocycles. The third-order valence-corrected chi connectivity index (χ3v) is 3.56. The lowest BCUT2D eigenvalue weighted by atomic mass is 9.86. The summed E-state index contributed by atoms with van der Waals surface area (Å²) in [6.45, 7) is 0.955. The van der Waals surface area contributed by atoms with Gasteiger partial charge in [0.1, 0.15) is 12.2 Å². The second kappa shape index (κ2) is 6.65. The first-order valence-corrected chi connectivity index (χ1v) is 6.89. The molecule has 0 spiro atoms. The molecule has 106 valence electrons. The minimum atomic E-state index is -0.390. The quantitative estimate of drug-likeness (QED) is 0.810. The normalized spacial score (nSPS) is 26.0. The van der Waals surface area contributed by atoms with Gasteiger partial charge in [-0.3, -0.25) is 0 Å². The van der Waals surface area contributed by atoms with Crippen molar-refractivity contribution in [3.63, 3.8) is 0 Å². The lowest BCUT2D eigenvalue weighted by Gasteiger charge is -2.41. The van der Waals surface area contributed by atoms with Gasteiger partial charge in [0.2, 0.25) is 0 Å². The van der Waals surface area contributed by atoms with Crippen molar-refractivity contribution in [3.05, 3.63) is 28.5 Å². The van der Waals surface area contributed by atoms with Crippen molar-refractivity contribution < 1.29 is 18.6 Å². The number of halogens is 2. The summed E-state index contributed by atoms with van der Waals surface area (Å²) >= 11 is 3.29. The number of hydrogen-bond acceptors (Lipinski definition) is 4. The zero-order valence-corrected chi connectivity index (χ0v) is 12.2. The number of rotatable bonds is 6. The number of benzene rings is 1. The summed E-state index contributed by atoms with van der Waals surface area (Å²) in [6.07, 6.45) is 0.230. The Morgan fingerprint density at radius 3 is 2.89 bits per heavy atom. The van der Waals surface area contributed by atoms with E-state index in [1.54, 1.807) is 19.2 Å². The molecule has 1 aliphatic rings. The van der Waals surface area contributed by atoms with E-state index in [0.29, 0.717) is 19.6 Å². The molecule has 0 aliphatic heterocycles. The summed E-state index contributed by atoms with van der Waals surface area (Å²) in [6, 6.07) is 4.52. The largest absolute Gasteiger partial charge is 0.484 e. The van der Waals surface area contributed by atoms with E-state index < -0.39 is 0 Å². The van der Waals surface area contributed by atoms with Gasteiger partial charge in [0.25, 0.3) is 0 Å². The Bertz CT molecular complexity index is 432. The van der Waals surface area contributed by atoms with Crippen LogP contribution in [-0.2, 0) is 9.47 Å². The maximum atomic E-state index is 13.6. The van der Waals surface area contributed by atoms with Crippen molar-refractivity contribution in [2.75, 3.05) is 20.3 Å². The molecular weight excluding hydrogens is 317 g/mol. The first-order valence-electron chi connectivity index (χ1n) is 6.09. The highest BCUT2D eigenvalue weighted by molar-refractivity contribution is 9.10. The third-order valence-electron chi connectivity index (χ3n) is 3.06. The molecule has 0 amide bonds. The maximum Gasteiger partial charge on any atom is 0.165 e. The summed E-state index contributed by atoms with van der Waals surface area (Å²) in [4.78, 5) is 0. The highest BCUT2D eigenvalue weighted by Gasteiger charge is 2.41. The molecule has 0 radical (unpaired) electrons. The van der Waals surface area contributed by atoms with E-state index in [0.717, 1.165) is 4.47 Å². The Morgan fingerprint density at radius 1 is 1.42 bits per heavy atom. The predicted molar refractivity (Wildman–Crippen MR) is 72.7 cm³/mol. The molecule has 3 atom stereocenters. The number of nitrogens with two attached hydrogens (primary N) is 1. The van der Waals surface area contributed by atoms with E-state index in [9.17, 15) is 4.39 Å². The molecular formula is C13H17BrFNO3. The van der Waals surface area contributed by atoms with E-state index in [2.05, 4.69) is 15.9 Å². The van der Waals surface area contributed by atoms with Crippen molar-refractivity contribution >= 4 is 15.9 Å². The number of methoxy groups -OCH3 is 1. The van der Waals surface area contributed by atoms with E-state index in [1.165, 1.54) is 6.07 Å². The summed E-state index contributed by atoms with van der Waals surface area (Å²) < 4.78 is 30.5. The topological polar surface area (TPSA) is 53.7 Å². The first-order chi connectivity index (χ1) is 9.11. The van der Waals surface area contributed by atoms with E-state index in [4.69, 9.17) is 19.9 Å². The van der Waals surface area contributed by atoms with E-state index >= 15 is 0 Å². The lowest BCUT2D eigenvalue weighted by molar-refractivity contribution is -0.107. The van der Waals surface area contributed by atoms with Crippen LogP contribution in [-0.4, -0.2) is 38.6 Å². The monoisotopic (exact) mass is 333 g/mol. The fourth-order valence-corrected chi connectivity index (χ4v) is 2.30. The highest BCUT2D eigenvalue weighted by atomic mass is 79.9. The summed E-state index contributed by atoms with van der Waals surface area (Å²) in [5, 5.41) is 0. The van der Waals surface area contributed by atoms with Crippen molar-refractivity contribution in [2.45, 2.75) is 24.7 Å². The SMILES string of the molecule is COCCOC1C(N)CC1Oc1cc(Br)ccc1F. The Kier molecular flexibility index (Phi) is 5.15. The minimum Gasteiger partial charge on any atom is -0.484 e. The summed E-state index contributed by atoms with van der Waals surface area (Å²) in [5.41, 5.74) is 5.87. The average Bonchev–Trinajstić information content (AvgIpc) is 2.38. The molecule has 2 rings (SSSR count). The molecule has 6 heteroatoms. The second-order valence-corrected chi connectivity index (χ2v) is 5.37. The Hall–Kier alpha value is -0.690. The van der Waals surface area contributed by atoms with Crippen LogP contribution in [0.4, 0.5) is 4.39 Å². The fraction of sp³-hybridized carbons (Fsp3) is 0.538. The zero-order valence-electron chi connectivity index (χ0n) is 10.6. The average molecular weight is 334 g/mol. The van der Waals surface area contributed by atoms with Crippen LogP contribution in [0.1, 0.15) is 6.42 Å². The van der Waals surface area contributed by atoms with E-state index in [-0.39, 0.29) is 29.8 Å². The van der Waals surface area contributed by atoms with Gasteiger partial charge in [-0.2, -0.15) is 0 Å². The van der Waals surface area contributed by atoms with Gasteiger partial charge in [0, 0.05) is 24.0 Å². The number of ether oxygens (including phenoxy) is 3. The molecule has 1 aliphatic carbocycles. The van der Waals surface area contributed by atoms with Gasteiger partial charge in [-0.15, -0.1) is 0 Å². The van der Waals surface area contributed by atoms with Gasteiger partial charge in [0.05, 0.1) is 13.2 Å². The smallest absolute Gasteiger partial charge is 0.165 e. The van der Waals surface area contributed by atoms with Gasteiger partial charge in [-0.1, -0.05) is 15.9 Å². The minimum absolute atomic E-state index is 0.0722. The molecule has 1 aromatic carbocycles. The molecule has 4 nitrogen and oxygen atoms in total. The van der Waals surface area contributed by atoms with Crippen molar-refractivity contribution in [2.24, 2.45) is 5.73 Å². The lowest BCUT2D eigenvalue weighted by Crippen LogP contribution is -2.59. The van der Waals surface area contributed by atoms with Crippen LogP contribution in [0.25, 0.3) is 0 Å². The molecule has 0 heterocycles. The van der Waals surface area contributed by atoms with E-state index in [1.807, 2.05) is 0 Å². The highest BCUT2D eigenvalue weighted by Crippen LogP contribution is 2.30. The first kappa shape index (κ1) is 14.7. The predicted octanol–water partition coefficient (Wildman–Crippen LogP) is 2.10. The van der Waals surface area contributed by atoms with Crippen molar-refractivity contribution in [3.8, 4) is 5.75 Å². The van der Waals surface area contributed by atoms with Gasteiger partial charge >= 0.3 is 0 Å². The standard InChI is InChI=1S/C13H17BrFNO3/c1-17-4-5-18-13-10(16)7-12(13)19-11-6-8(14)2-3-9(11)15/h2-3,6,10,12-13H,4-5,7,16H2,1H3. The Labute approximate surface area is 120 Å². The molecule has 1 fully saturated rings. The Balaban J connectivity index is 1.93. The van der Waals surface area contributed by atoms with Crippen LogP contribution in [0.5, 0.6) is 5.75 Å². The Morgan fingerprint density at radius 2 is 2.21 bits per heavy atom. The van der Waals surface area contributed by atoms with Gasteiger partial charge in [-0.25, -0.2) is 4.39 Å². The van der Waals surface area contributed by atoms with Gasteiger partial charge in [-0.05, 0) is 18.2 Å². The third kappa shape index (κ3) is 3.66. The number of hydrogen-bond donors (Lipinski definition) is 1. The van der Waals surface area contributed by atoms with Gasteiger partial charge < -0.3 is 19.9 Å². The van der Waals surface area contributed by atoms with Gasteiger partial charge in [0.15, 0.2) is 11.6 Å². The summed E-state index contributed by atoms with van der Waals surface area (Å²) in [5.74, 6) is -0.175. The van der Waals surface area contributed by atoms with Crippen LogP contribution < -0.4 is 10.5 Å². The summed E-state index contributed by atoms with van der Waals surface area (Å²) in [7, 11) is 1.61. The molecule has 1 aromatic rings. The molecule has 0 saturated heterocycles. The molecule has 3 unspecified atom stereocenters. The molecule has 1 saturated carbocycles. The maximum absolute atomic E-state index is 13.6. The zero-order chi connectivity index (χ0) is 13.8. The van der Waals surface area contributed by atoms with Crippen molar-refractivity contribution in [1.29, 1.82) is 0 Å². The van der Waals surface area contributed by atoms with Crippen LogP contribution in [0.15, 0.2) is 22.7 Å². The van der Waals surface area contributed by atoms with Crippen molar-refractivity contribution in [1.82, 2.24) is 0 Å². The molecule has 19 heavy (non-hydrogen) atoms. The molecule has 0 bridgehead atoms. The van der Waals surface area contributed by atoms with Crippen LogP contribution in [0.2, 0.25) is 0 Å². The van der Waals surface area contributed by atoms with Crippen LogP contribution >= 0.6 is 15.9 Å². The van der Waals surface area contributed by atoms with Crippen LogP contribution in [0, 0.1) is 5.82 Å². The second-order valence-electron chi connectivity index (χ2n) is 4.46. The van der Waals surface area contributed by atoms with Crippen LogP contribution in [0.3, 0.4) is 0 Å². The molecule has 2 N–H and O–H groups in total. The fourth-order valence-electron chi connectivity index (χ4n) is 1.96.